The number of Topliss-reactive ketones (excluding diaryl/α,β-unsaturated/α-hetero) is 1. The van der Waals surface area contributed by atoms with Gasteiger partial charge in [-0.3, -0.25) is 9.59 Å². The Hall–Kier alpha value is -2.67. The van der Waals surface area contributed by atoms with E-state index in [1.165, 1.54) is 18.3 Å². The lowest BCUT2D eigenvalue weighted by Crippen LogP contribution is -2.22. The average molecular weight is 386 g/mol. The van der Waals surface area contributed by atoms with Crippen molar-refractivity contribution in [3.8, 4) is 0 Å². The molecule has 142 valence electrons. The van der Waals surface area contributed by atoms with Gasteiger partial charge >= 0.3 is 5.97 Å². The highest BCUT2D eigenvalue weighted by atomic mass is 32.1. The minimum atomic E-state index is -0.380. The number of aryl methyl sites for hydroxylation is 1. The van der Waals surface area contributed by atoms with Crippen molar-refractivity contribution in [1.29, 1.82) is 0 Å². The van der Waals surface area contributed by atoms with Crippen LogP contribution in [0.25, 0.3) is 0 Å². The number of carbonyl (C=O) groups is 3. The van der Waals surface area contributed by atoms with Crippen molar-refractivity contribution in [2.75, 3.05) is 23.8 Å². The molecule has 0 aliphatic heterocycles. The molecule has 2 N–H and O–H groups in total. The molecule has 1 aromatic heterocycles. The standard InChI is InChI=1S/C20H22N2O4S/c1-3-26-20(25)18-15-8-5-9-16(15)27-19(18)22-17(24)11-21-14-7-4-6-13(10-14)12(2)23/h4,6-7,10,21H,3,5,8-9,11H2,1-2H3,(H,22,24). The van der Waals surface area contributed by atoms with Gasteiger partial charge in [-0.15, -0.1) is 11.3 Å². The van der Waals surface area contributed by atoms with Crippen molar-refractivity contribution in [2.24, 2.45) is 0 Å². The second-order valence-corrected chi connectivity index (χ2v) is 7.43. The minimum Gasteiger partial charge on any atom is -0.462 e. The molecule has 1 aromatic carbocycles. The third-order valence-electron chi connectivity index (χ3n) is 4.38. The van der Waals surface area contributed by atoms with E-state index in [9.17, 15) is 14.4 Å². The number of carbonyl (C=O) groups excluding carboxylic acids is 3. The maximum Gasteiger partial charge on any atom is 0.341 e. The Morgan fingerprint density at radius 2 is 2.04 bits per heavy atom. The van der Waals surface area contributed by atoms with Crippen LogP contribution < -0.4 is 10.6 Å². The Bertz CT molecular complexity index is 888. The normalized spacial score (nSPS) is 12.4. The highest BCUT2D eigenvalue weighted by Gasteiger charge is 2.28. The largest absolute Gasteiger partial charge is 0.462 e. The summed E-state index contributed by atoms with van der Waals surface area (Å²) in [5.41, 5.74) is 2.79. The van der Waals surface area contributed by atoms with Gasteiger partial charge in [0.25, 0.3) is 0 Å². The fourth-order valence-electron chi connectivity index (χ4n) is 3.11. The van der Waals surface area contributed by atoms with Gasteiger partial charge in [0, 0.05) is 16.1 Å². The Morgan fingerprint density at radius 1 is 1.22 bits per heavy atom. The van der Waals surface area contributed by atoms with E-state index in [0.717, 1.165) is 29.7 Å². The van der Waals surface area contributed by atoms with Crippen molar-refractivity contribution >= 4 is 39.7 Å². The summed E-state index contributed by atoms with van der Waals surface area (Å²) in [4.78, 5) is 37.3. The highest BCUT2D eigenvalue weighted by molar-refractivity contribution is 7.17. The van der Waals surface area contributed by atoms with E-state index in [2.05, 4.69) is 10.6 Å². The van der Waals surface area contributed by atoms with Crippen LogP contribution in [0.4, 0.5) is 10.7 Å². The first-order chi connectivity index (χ1) is 13.0. The number of thiophene rings is 1. The number of nitrogens with one attached hydrogen (secondary N) is 2. The summed E-state index contributed by atoms with van der Waals surface area (Å²) < 4.78 is 5.17. The molecule has 0 fully saturated rings. The molecule has 1 aliphatic carbocycles. The average Bonchev–Trinajstić information content (AvgIpc) is 3.21. The number of fused-ring (bicyclic) bond motifs is 1. The number of esters is 1. The highest BCUT2D eigenvalue weighted by Crippen LogP contribution is 2.39. The molecule has 0 spiro atoms. The zero-order valence-corrected chi connectivity index (χ0v) is 16.2. The van der Waals surface area contributed by atoms with E-state index < -0.39 is 0 Å². The summed E-state index contributed by atoms with van der Waals surface area (Å²) in [6, 6.07) is 6.99. The quantitative estimate of drug-likeness (QED) is 0.560. The van der Waals surface area contributed by atoms with Gasteiger partial charge in [-0.25, -0.2) is 4.79 Å². The second-order valence-electron chi connectivity index (χ2n) is 6.32. The first kappa shape index (κ1) is 19.1. The zero-order valence-electron chi connectivity index (χ0n) is 15.4. The smallest absolute Gasteiger partial charge is 0.341 e. The number of rotatable bonds is 7. The lowest BCUT2D eigenvalue weighted by Gasteiger charge is -2.10. The SMILES string of the molecule is CCOC(=O)c1c(NC(=O)CNc2cccc(C(C)=O)c2)sc2c1CCC2. The molecule has 27 heavy (non-hydrogen) atoms. The number of hydrogen-bond donors (Lipinski definition) is 2. The molecule has 0 radical (unpaired) electrons. The predicted octanol–water partition coefficient (Wildman–Crippen LogP) is 3.67. The van der Waals surface area contributed by atoms with Crippen LogP contribution in [0.15, 0.2) is 24.3 Å². The van der Waals surface area contributed by atoms with Crippen LogP contribution in [0.5, 0.6) is 0 Å². The number of hydrogen-bond acceptors (Lipinski definition) is 6. The van der Waals surface area contributed by atoms with Crippen molar-refractivity contribution in [2.45, 2.75) is 33.1 Å². The van der Waals surface area contributed by atoms with Gasteiger partial charge in [-0.1, -0.05) is 12.1 Å². The van der Waals surface area contributed by atoms with Gasteiger partial charge in [0.05, 0.1) is 18.7 Å². The van der Waals surface area contributed by atoms with Crippen LogP contribution in [-0.4, -0.2) is 30.8 Å². The van der Waals surface area contributed by atoms with E-state index in [1.807, 2.05) is 0 Å². The first-order valence-electron chi connectivity index (χ1n) is 8.96. The van der Waals surface area contributed by atoms with E-state index >= 15 is 0 Å². The Kier molecular flexibility index (Phi) is 5.91. The summed E-state index contributed by atoms with van der Waals surface area (Å²) in [7, 11) is 0. The fourth-order valence-corrected chi connectivity index (χ4v) is 4.41. The van der Waals surface area contributed by atoms with Crippen molar-refractivity contribution in [3.63, 3.8) is 0 Å². The number of anilines is 2. The molecule has 0 saturated carbocycles. The summed E-state index contributed by atoms with van der Waals surface area (Å²) in [6.45, 7) is 3.59. The molecule has 0 saturated heterocycles. The van der Waals surface area contributed by atoms with Crippen molar-refractivity contribution in [1.82, 2.24) is 0 Å². The van der Waals surface area contributed by atoms with E-state index in [1.54, 1.807) is 31.2 Å². The topological polar surface area (TPSA) is 84.5 Å². The molecule has 0 atom stereocenters. The minimum absolute atomic E-state index is 0.0321. The monoisotopic (exact) mass is 386 g/mol. The summed E-state index contributed by atoms with van der Waals surface area (Å²) in [5, 5.41) is 6.40. The van der Waals surface area contributed by atoms with Crippen molar-refractivity contribution < 1.29 is 19.1 Å². The number of ether oxygens (including phenoxy) is 1. The second kappa shape index (κ2) is 8.35. The molecule has 1 amide bonds. The van der Waals surface area contributed by atoms with Gasteiger partial charge in [-0.05, 0) is 50.8 Å². The van der Waals surface area contributed by atoms with Crippen LogP contribution in [0.3, 0.4) is 0 Å². The fraction of sp³-hybridized carbons (Fsp3) is 0.350. The molecule has 7 heteroatoms. The van der Waals surface area contributed by atoms with Gasteiger partial charge in [0.2, 0.25) is 5.91 Å². The Morgan fingerprint density at radius 3 is 2.78 bits per heavy atom. The summed E-state index contributed by atoms with van der Waals surface area (Å²) in [6.07, 6.45) is 2.79. The molecular formula is C20H22N2O4S. The predicted molar refractivity (Wildman–Crippen MR) is 106 cm³/mol. The maximum atomic E-state index is 12.4. The van der Waals surface area contributed by atoms with E-state index in [4.69, 9.17) is 4.74 Å². The molecule has 0 bridgehead atoms. The zero-order chi connectivity index (χ0) is 19.4. The molecule has 3 rings (SSSR count). The van der Waals surface area contributed by atoms with Crippen LogP contribution in [0.1, 0.15) is 51.4 Å². The number of benzene rings is 1. The Balaban J connectivity index is 1.69. The summed E-state index contributed by atoms with van der Waals surface area (Å²) >= 11 is 1.45. The number of amides is 1. The lowest BCUT2D eigenvalue weighted by atomic mass is 10.1. The Labute approximate surface area is 161 Å². The van der Waals surface area contributed by atoms with Crippen LogP contribution in [0.2, 0.25) is 0 Å². The molecule has 1 aliphatic rings. The third-order valence-corrected chi connectivity index (χ3v) is 5.58. The summed E-state index contributed by atoms with van der Waals surface area (Å²) in [5.74, 6) is -0.668. The van der Waals surface area contributed by atoms with Gasteiger partial charge < -0.3 is 15.4 Å². The van der Waals surface area contributed by atoms with Crippen LogP contribution >= 0.6 is 11.3 Å². The van der Waals surface area contributed by atoms with E-state index in [-0.39, 0.29) is 24.2 Å². The molecular weight excluding hydrogens is 364 g/mol. The molecule has 6 nitrogen and oxygen atoms in total. The van der Waals surface area contributed by atoms with Crippen LogP contribution in [-0.2, 0) is 22.4 Å². The molecule has 1 heterocycles. The first-order valence-corrected chi connectivity index (χ1v) is 9.77. The lowest BCUT2D eigenvalue weighted by molar-refractivity contribution is -0.114. The van der Waals surface area contributed by atoms with Gasteiger partial charge in [-0.2, -0.15) is 0 Å². The van der Waals surface area contributed by atoms with Gasteiger partial charge in [0.1, 0.15) is 5.00 Å². The van der Waals surface area contributed by atoms with E-state index in [0.29, 0.717) is 28.4 Å². The number of ketones is 1. The maximum absolute atomic E-state index is 12.4. The molecule has 2 aromatic rings. The van der Waals surface area contributed by atoms with Gasteiger partial charge in [0.15, 0.2) is 5.78 Å². The third kappa shape index (κ3) is 4.36. The van der Waals surface area contributed by atoms with Crippen molar-refractivity contribution in [3.05, 3.63) is 45.8 Å². The van der Waals surface area contributed by atoms with Crippen LogP contribution in [0, 0.1) is 0 Å². The molecule has 0 unspecified atom stereocenters.